The molecule has 0 aromatic heterocycles. The van der Waals surface area contributed by atoms with E-state index in [9.17, 15) is 14.4 Å². The van der Waals surface area contributed by atoms with Crippen molar-refractivity contribution in [2.75, 3.05) is 13.7 Å². The van der Waals surface area contributed by atoms with Crippen molar-refractivity contribution >= 4 is 58.2 Å². The summed E-state index contributed by atoms with van der Waals surface area (Å²) in [6, 6.07) is 10.00. The maximum atomic E-state index is 12.7. The Bertz CT molecular complexity index is 1060. The van der Waals surface area contributed by atoms with Crippen molar-refractivity contribution in [3.05, 3.63) is 62.5 Å². The van der Waals surface area contributed by atoms with Crippen LogP contribution in [0.4, 0.5) is 4.79 Å². The molecule has 0 spiro atoms. The van der Waals surface area contributed by atoms with E-state index in [1.807, 2.05) is 0 Å². The van der Waals surface area contributed by atoms with Crippen molar-refractivity contribution in [1.82, 2.24) is 4.90 Å². The summed E-state index contributed by atoms with van der Waals surface area (Å²) < 4.78 is 10.4. The van der Waals surface area contributed by atoms with E-state index in [0.29, 0.717) is 16.1 Å². The summed E-state index contributed by atoms with van der Waals surface area (Å²) in [5.41, 5.74) is 1.15. The standard InChI is InChI=1S/C20H15Cl2NO6S/c1-28-15-7-11(6-14(22)18(15)29-10-17(24)25)8-16-19(26)23(20(27)30-16)9-12-4-2-3-5-13(12)21/h2-8H,9-10H2,1H3,(H,24,25). The summed E-state index contributed by atoms with van der Waals surface area (Å²) in [5.74, 6) is -1.34. The zero-order valence-electron chi connectivity index (χ0n) is 15.6. The minimum Gasteiger partial charge on any atom is -0.493 e. The Morgan fingerprint density at radius 2 is 1.93 bits per heavy atom. The van der Waals surface area contributed by atoms with Gasteiger partial charge in [-0.1, -0.05) is 41.4 Å². The zero-order valence-corrected chi connectivity index (χ0v) is 17.9. The van der Waals surface area contributed by atoms with Gasteiger partial charge in [0.25, 0.3) is 11.1 Å². The summed E-state index contributed by atoms with van der Waals surface area (Å²) in [4.78, 5) is 37.1. The predicted molar refractivity (Wildman–Crippen MR) is 114 cm³/mol. The third-order valence-electron chi connectivity index (χ3n) is 4.05. The van der Waals surface area contributed by atoms with Crippen LogP contribution >= 0.6 is 35.0 Å². The Morgan fingerprint density at radius 3 is 2.60 bits per heavy atom. The third-order valence-corrected chi connectivity index (χ3v) is 5.61. The number of aliphatic carboxylic acids is 1. The number of methoxy groups -OCH3 is 1. The van der Waals surface area contributed by atoms with Crippen molar-refractivity contribution in [3.63, 3.8) is 0 Å². The normalized spacial score (nSPS) is 15.0. The smallest absolute Gasteiger partial charge is 0.341 e. The van der Waals surface area contributed by atoms with Crippen LogP contribution in [-0.2, 0) is 16.1 Å². The molecule has 2 aromatic rings. The fourth-order valence-corrected chi connectivity index (χ4v) is 3.99. The molecule has 2 aromatic carbocycles. The van der Waals surface area contributed by atoms with Gasteiger partial charge in [0.2, 0.25) is 0 Å². The number of imide groups is 1. The molecule has 1 fully saturated rings. The Kier molecular flexibility index (Phi) is 6.91. The van der Waals surface area contributed by atoms with Gasteiger partial charge in [0.15, 0.2) is 18.1 Å². The largest absolute Gasteiger partial charge is 0.493 e. The third kappa shape index (κ3) is 4.89. The van der Waals surface area contributed by atoms with Crippen LogP contribution in [0.3, 0.4) is 0 Å². The van der Waals surface area contributed by atoms with Gasteiger partial charge in [-0.05, 0) is 47.2 Å². The number of ether oxygens (including phenoxy) is 2. The van der Waals surface area contributed by atoms with Crippen molar-refractivity contribution in [2.45, 2.75) is 6.54 Å². The van der Waals surface area contributed by atoms with Gasteiger partial charge in [0.05, 0.1) is 23.6 Å². The Balaban J connectivity index is 1.85. The monoisotopic (exact) mass is 467 g/mol. The second kappa shape index (κ2) is 9.42. The van der Waals surface area contributed by atoms with Crippen molar-refractivity contribution in [2.24, 2.45) is 0 Å². The van der Waals surface area contributed by atoms with Crippen LogP contribution in [0.5, 0.6) is 11.5 Å². The van der Waals surface area contributed by atoms with Gasteiger partial charge in [0.1, 0.15) is 0 Å². The number of carboxylic acid groups (broad SMARTS) is 1. The average molecular weight is 468 g/mol. The topological polar surface area (TPSA) is 93.1 Å². The molecule has 1 aliphatic rings. The number of halogens is 2. The number of nitrogens with zero attached hydrogens (tertiary/aromatic N) is 1. The van der Waals surface area contributed by atoms with Gasteiger partial charge in [0, 0.05) is 5.02 Å². The van der Waals surface area contributed by atoms with E-state index >= 15 is 0 Å². The van der Waals surface area contributed by atoms with Crippen molar-refractivity contribution in [1.29, 1.82) is 0 Å². The molecule has 1 N–H and O–H groups in total. The maximum absolute atomic E-state index is 12.7. The number of carboxylic acids is 1. The molecule has 7 nitrogen and oxygen atoms in total. The molecule has 0 atom stereocenters. The number of thioether (sulfide) groups is 1. The van der Waals surface area contributed by atoms with Gasteiger partial charge in [-0.15, -0.1) is 0 Å². The highest BCUT2D eigenvalue weighted by Crippen LogP contribution is 2.39. The molecule has 156 valence electrons. The Hall–Kier alpha value is -2.68. The van der Waals surface area contributed by atoms with E-state index in [1.165, 1.54) is 25.3 Å². The first-order valence-corrected chi connectivity index (χ1v) is 10.1. The lowest BCUT2D eigenvalue weighted by atomic mass is 10.1. The number of benzene rings is 2. The highest BCUT2D eigenvalue weighted by atomic mass is 35.5. The fraction of sp³-hybridized carbons (Fsp3) is 0.150. The number of carbonyl (C=O) groups is 3. The molecule has 30 heavy (non-hydrogen) atoms. The predicted octanol–water partition coefficient (Wildman–Crippen LogP) is 4.70. The van der Waals surface area contributed by atoms with E-state index in [1.54, 1.807) is 24.3 Å². The number of carbonyl (C=O) groups excluding carboxylic acids is 2. The second-order valence-electron chi connectivity index (χ2n) is 6.08. The zero-order chi connectivity index (χ0) is 21.8. The summed E-state index contributed by atoms with van der Waals surface area (Å²) in [6.45, 7) is -0.524. The molecule has 1 heterocycles. The summed E-state index contributed by atoms with van der Waals surface area (Å²) in [7, 11) is 1.38. The molecule has 0 radical (unpaired) electrons. The molecule has 1 aliphatic heterocycles. The lowest BCUT2D eigenvalue weighted by Gasteiger charge is -2.13. The van der Waals surface area contributed by atoms with Crippen molar-refractivity contribution in [3.8, 4) is 11.5 Å². The SMILES string of the molecule is COc1cc(C=C2SC(=O)N(Cc3ccccc3Cl)C2=O)cc(Cl)c1OCC(=O)O. The molecule has 1 saturated heterocycles. The minimum atomic E-state index is -1.16. The molecule has 0 saturated carbocycles. The van der Waals surface area contributed by atoms with Gasteiger partial charge >= 0.3 is 5.97 Å². The molecule has 0 bridgehead atoms. The molecule has 10 heteroatoms. The molecular weight excluding hydrogens is 453 g/mol. The van der Waals surface area contributed by atoms with Crippen LogP contribution in [0.2, 0.25) is 10.0 Å². The summed E-state index contributed by atoms with van der Waals surface area (Å²) in [5, 5.41) is 8.94. The lowest BCUT2D eigenvalue weighted by Crippen LogP contribution is -2.27. The highest BCUT2D eigenvalue weighted by Gasteiger charge is 2.35. The minimum absolute atomic E-state index is 0.0632. The number of amides is 2. The highest BCUT2D eigenvalue weighted by molar-refractivity contribution is 8.18. The van der Waals surface area contributed by atoms with Crippen LogP contribution in [0.15, 0.2) is 41.3 Å². The van der Waals surface area contributed by atoms with Gasteiger partial charge < -0.3 is 14.6 Å². The molecule has 0 aliphatic carbocycles. The second-order valence-corrected chi connectivity index (χ2v) is 7.88. The Labute approximate surface area is 186 Å². The van der Waals surface area contributed by atoms with Crippen LogP contribution in [-0.4, -0.2) is 40.8 Å². The van der Waals surface area contributed by atoms with Gasteiger partial charge in [-0.25, -0.2) is 4.79 Å². The first-order chi connectivity index (χ1) is 14.3. The average Bonchev–Trinajstić information content (AvgIpc) is 2.95. The molecular formula is C20H15Cl2NO6S. The molecule has 0 unspecified atom stereocenters. The van der Waals surface area contributed by atoms with Gasteiger partial charge in [-0.2, -0.15) is 0 Å². The van der Waals surface area contributed by atoms with E-state index in [0.717, 1.165) is 16.7 Å². The van der Waals surface area contributed by atoms with Crippen LogP contribution in [0, 0.1) is 0 Å². The molecule has 2 amide bonds. The summed E-state index contributed by atoms with van der Waals surface area (Å²) in [6.07, 6.45) is 1.51. The van der Waals surface area contributed by atoms with Crippen molar-refractivity contribution < 1.29 is 29.0 Å². The number of rotatable bonds is 7. The van der Waals surface area contributed by atoms with E-state index in [2.05, 4.69) is 0 Å². The first kappa shape index (κ1) is 22.0. The number of hydrogen-bond acceptors (Lipinski definition) is 6. The van der Waals surface area contributed by atoms with Crippen LogP contribution < -0.4 is 9.47 Å². The summed E-state index contributed by atoms with van der Waals surface area (Å²) >= 11 is 13.1. The van der Waals surface area contributed by atoms with E-state index < -0.39 is 23.7 Å². The van der Waals surface area contributed by atoms with Crippen LogP contribution in [0.25, 0.3) is 6.08 Å². The first-order valence-electron chi connectivity index (χ1n) is 8.51. The van der Waals surface area contributed by atoms with Crippen LogP contribution in [0.1, 0.15) is 11.1 Å². The number of hydrogen-bond donors (Lipinski definition) is 1. The van der Waals surface area contributed by atoms with E-state index in [4.69, 9.17) is 37.8 Å². The lowest BCUT2D eigenvalue weighted by molar-refractivity contribution is -0.139. The molecule has 3 rings (SSSR count). The maximum Gasteiger partial charge on any atom is 0.341 e. The Morgan fingerprint density at radius 1 is 1.20 bits per heavy atom. The fourth-order valence-electron chi connectivity index (χ4n) is 2.68. The van der Waals surface area contributed by atoms with Gasteiger partial charge in [-0.3, -0.25) is 14.5 Å². The quantitative estimate of drug-likeness (QED) is 0.589. The van der Waals surface area contributed by atoms with E-state index in [-0.39, 0.29) is 28.0 Å².